The Labute approximate surface area is 192 Å². The molecule has 1 aliphatic rings. The Hall–Kier alpha value is -2.60. The lowest BCUT2D eigenvalue weighted by Gasteiger charge is -2.24. The van der Waals surface area contributed by atoms with E-state index >= 15 is 0 Å². The minimum atomic E-state index is -0.0566. The smallest absolute Gasteiger partial charge is 0.242 e. The fraction of sp³-hybridized carbons (Fsp3) is 0.250. The van der Waals surface area contributed by atoms with Crippen LogP contribution >= 0.6 is 23.2 Å². The van der Waals surface area contributed by atoms with E-state index in [1.54, 1.807) is 31.4 Å². The third kappa shape index (κ3) is 4.26. The summed E-state index contributed by atoms with van der Waals surface area (Å²) in [6.45, 7) is 6.56. The first kappa shape index (κ1) is 21.6. The van der Waals surface area contributed by atoms with Gasteiger partial charge in [-0.2, -0.15) is 4.98 Å². The maximum atomic E-state index is 6.41. The Kier molecular flexibility index (Phi) is 6.46. The molecular weight excluding hydrogens is 433 g/mol. The minimum Gasteiger partial charge on any atom is -0.479 e. The third-order valence-corrected chi connectivity index (χ3v) is 5.87. The quantitative estimate of drug-likeness (QED) is 0.458. The zero-order chi connectivity index (χ0) is 22.0. The molecule has 1 aliphatic carbocycles. The van der Waals surface area contributed by atoms with Gasteiger partial charge in [0.05, 0.1) is 24.3 Å². The highest BCUT2D eigenvalue weighted by molar-refractivity contribution is 6.36. The predicted molar refractivity (Wildman–Crippen MR) is 126 cm³/mol. The molecule has 1 N–H and O–H groups in total. The van der Waals surface area contributed by atoms with Crippen LogP contribution in [-0.2, 0) is 11.2 Å². The highest BCUT2D eigenvalue weighted by atomic mass is 35.5. The summed E-state index contributed by atoms with van der Waals surface area (Å²) < 4.78 is 11.6. The molecule has 0 fully saturated rings. The Morgan fingerprint density at radius 1 is 1.19 bits per heavy atom. The summed E-state index contributed by atoms with van der Waals surface area (Å²) >= 11 is 12.5. The van der Waals surface area contributed by atoms with Crippen LogP contribution in [-0.4, -0.2) is 29.8 Å². The minimum absolute atomic E-state index is 0.00162. The van der Waals surface area contributed by atoms with Crippen molar-refractivity contribution in [1.82, 2.24) is 9.97 Å². The normalized spacial score (nSPS) is 17.3. The summed E-state index contributed by atoms with van der Waals surface area (Å²) in [7, 11) is 1.56. The predicted octanol–water partition coefficient (Wildman–Crippen LogP) is 6.22. The summed E-state index contributed by atoms with van der Waals surface area (Å²) in [4.78, 5) is 9.47. The van der Waals surface area contributed by atoms with Crippen LogP contribution in [0.5, 0.6) is 5.88 Å². The number of nitrogens with zero attached hydrogens (tertiary/aromatic N) is 2. The van der Waals surface area contributed by atoms with E-state index in [2.05, 4.69) is 24.0 Å². The van der Waals surface area contributed by atoms with Gasteiger partial charge < -0.3 is 14.8 Å². The van der Waals surface area contributed by atoms with Crippen LogP contribution in [0.3, 0.4) is 0 Å². The molecule has 0 spiro atoms. The Morgan fingerprint density at radius 2 is 2.00 bits per heavy atom. The van der Waals surface area contributed by atoms with E-state index in [1.165, 1.54) is 11.1 Å². The van der Waals surface area contributed by atoms with Crippen molar-refractivity contribution in [3.63, 3.8) is 0 Å². The second kappa shape index (κ2) is 9.27. The highest BCUT2D eigenvalue weighted by Crippen LogP contribution is 2.39. The van der Waals surface area contributed by atoms with Crippen LogP contribution in [0.25, 0.3) is 17.3 Å². The van der Waals surface area contributed by atoms with Gasteiger partial charge in [-0.05, 0) is 42.3 Å². The van der Waals surface area contributed by atoms with E-state index in [0.717, 1.165) is 6.42 Å². The highest BCUT2D eigenvalue weighted by Gasteiger charge is 2.33. The molecule has 160 valence electrons. The number of benzene rings is 2. The van der Waals surface area contributed by atoms with E-state index in [-0.39, 0.29) is 12.1 Å². The van der Waals surface area contributed by atoms with Crippen molar-refractivity contribution < 1.29 is 9.47 Å². The lowest BCUT2D eigenvalue weighted by Crippen LogP contribution is -2.25. The average molecular weight is 456 g/mol. The molecule has 0 saturated heterocycles. The molecule has 0 saturated carbocycles. The number of ether oxygens (including phenoxy) is 2. The first-order valence-corrected chi connectivity index (χ1v) is 10.8. The van der Waals surface area contributed by atoms with Gasteiger partial charge in [-0.3, -0.25) is 0 Å². The number of halogens is 2. The number of fused-ring (bicyclic) bond motifs is 1. The summed E-state index contributed by atoms with van der Waals surface area (Å²) in [5.41, 5.74) is 4.27. The van der Waals surface area contributed by atoms with Gasteiger partial charge in [-0.15, -0.1) is 0 Å². The van der Waals surface area contributed by atoms with Crippen molar-refractivity contribution >= 4 is 35.1 Å². The lowest BCUT2D eigenvalue weighted by molar-refractivity contribution is 0.0573. The van der Waals surface area contributed by atoms with Gasteiger partial charge in [0, 0.05) is 23.6 Å². The summed E-state index contributed by atoms with van der Waals surface area (Å²) in [5, 5.41) is 4.54. The number of nitrogens with one attached hydrogen (secondary N) is 1. The maximum Gasteiger partial charge on any atom is 0.242 e. The molecule has 0 radical (unpaired) electrons. The van der Waals surface area contributed by atoms with Crippen LogP contribution in [0, 0.1) is 0 Å². The van der Waals surface area contributed by atoms with E-state index in [9.17, 15) is 0 Å². The molecule has 5 nitrogen and oxygen atoms in total. The molecule has 1 aromatic heterocycles. The zero-order valence-electron chi connectivity index (χ0n) is 17.4. The number of aromatic nitrogens is 2. The fourth-order valence-electron chi connectivity index (χ4n) is 3.93. The number of hydrogen-bond acceptors (Lipinski definition) is 5. The van der Waals surface area contributed by atoms with E-state index < -0.39 is 0 Å². The molecule has 3 aromatic rings. The van der Waals surface area contributed by atoms with Gasteiger partial charge in [0.15, 0.2) is 5.82 Å². The van der Waals surface area contributed by atoms with Gasteiger partial charge in [-0.25, -0.2) is 4.98 Å². The van der Waals surface area contributed by atoms with Crippen molar-refractivity contribution in [2.24, 2.45) is 0 Å². The van der Waals surface area contributed by atoms with Gasteiger partial charge in [0.1, 0.15) is 11.4 Å². The molecule has 2 aromatic carbocycles. The van der Waals surface area contributed by atoms with Crippen molar-refractivity contribution in [2.45, 2.75) is 25.5 Å². The number of anilines is 1. The van der Waals surface area contributed by atoms with Gasteiger partial charge in [-0.1, -0.05) is 54.0 Å². The van der Waals surface area contributed by atoms with Crippen LogP contribution in [0.1, 0.15) is 29.8 Å². The monoisotopic (exact) mass is 455 g/mol. The molecule has 7 heteroatoms. The summed E-state index contributed by atoms with van der Waals surface area (Å²) in [6.07, 6.45) is 2.51. The average Bonchev–Trinajstić information content (AvgIpc) is 3.11. The van der Waals surface area contributed by atoms with Crippen LogP contribution in [0.15, 0.2) is 49.0 Å². The van der Waals surface area contributed by atoms with Crippen LogP contribution in [0.4, 0.5) is 5.82 Å². The van der Waals surface area contributed by atoms with E-state index in [1.807, 2.05) is 19.1 Å². The number of hydrogen-bond donors (Lipinski definition) is 1. The van der Waals surface area contributed by atoms with Crippen molar-refractivity contribution in [3.8, 4) is 17.1 Å². The van der Waals surface area contributed by atoms with Crippen LogP contribution < -0.4 is 10.1 Å². The van der Waals surface area contributed by atoms with Gasteiger partial charge in [0.25, 0.3) is 0 Å². The first-order valence-electron chi connectivity index (χ1n) is 10.1. The maximum absolute atomic E-state index is 6.41. The number of rotatable bonds is 7. The standard InChI is InChI=1S/C24H23Cl2N3O2/c1-4-19-23(28-21-16-9-7-6-8-14(16)12-20(21)31-5-2)29-24(30-3)22(27-19)17-11-10-15(25)13-18(17)26/h4,6-11,13,20-21H,1,5,12H2,2-3H3,(H,28,29). The summed E-state index contributed by atoms with van der Waals surface area (Å²) in [5.74, 6) is 0.934. The molecule has 0 bridgehead atoms. The Balaban J connectivity index is 1.76. The van der Waals surface area contributed by atoms with Crippen molar-refractivity contribution in [1.29, 1.82) is 0 Å². The molecule has 2 unspecified atom stereocenters. The molecule has 0 amide bonds. The second-order valence-electron chi connectivity index (χ2n) is 7.16. The first-order chi connectivity index (χ1) is 15.0. The van der Waals surface area contributed by atoms with Crippen molar-refractivity contribution in [2.75, 3.05) is 19.0 Å². The molecule has 31 heavy (non-hydrogen) atoms. The van der Waals surface area contributed by atoms with E-state index in [4.69, 9.17) is 42.6 Å². The van der Waals surface area contributed by atoms with Gasteiger partial charge >= 0.3 is 0 Å². The summed E-state index contributed by atoms with van der Waals surface area (Å²) in [6, 6.07) is 13.5. The largest absolute Gasteiger partial charge is 0.479 e. The molecule has 0 aliphatic heterocycles. The Bertz CT molecular complexity index is 1120. The number of methoxy groups -OCH3 is 1. The molecule has 2 atom stereocenters. The Morgan fingerprint density at radius 3 is 2.71 bits per heavy atom. The third-order valence-electron chi connectivity index (χ3n) is 5.32. The molecule has 4 rings (SSSR count). The topological polar surface area (TPSA) is 56.3 Å². The lowest BCUT2D eigenvalue weighted by atomic mass is 10.1. The van der Waals surface area contributed by atoms with E-state index in [0.29, 0.717) is 45.3 Å². The SMILES string of the molecule is C=Cc1nc(-c2ccc(Cl)cc2Cl)c(OC)nc1NC1c2ccccc2CC1OCC. The molecular formula is C24H23Cl2N3O2. The fourth-order valence-corrected chi connectivity index (χ4v) is 4.42. The van der Waals surface area contributed by atoms with Gasteiger partial charge in [0.2, 0.25) is 5.88 Å². The zero-order valence-corrected chi connectivity index (χ0v) is 18.9. The van der Waals surface area contributed by atoms with Crippen LogP contribution in [0.2, 0.25) is 10.0 Å². The second-order valence-corrected chi connectivity index (χ2v) is 8.01. The van der Waals surface area contributed by atoms with Crippen molar-refractivity contribution in [3.05, 3.63) is 75.9 Å². The molecule has 1 heterocycles.